The van der Waals surface area contributed by atoms with Crippen molar-refractivity contribution in [3.63, 3.8) is 0 Å². The van der Waals surface area contributed by atoms with E-state index < -0.39 is 0 Å². The zero-order valence-electron chi connectivity index (χ0n) is 9.32. The van der Waals surface area contributed by atoms with Crippen LogP contribution in [0.2, 0.25) is 0 Å². The molecule has 84 valence electrons. The fourth-order valence-electron chi connectivity index (χ4n) is 2.32. The maximum absolute atomic E-state index is 5.87. The number of aryl methyl sites for hydroxylation is 1. The van der Waals surface area contributed by atoms with Crippen LogP contribution in [0.15, 0.2) is 0 Å². The van der Waals surface area contributed by atoms with Crippen molar-refractivity contribution in [1.29, 1.82) is 0 Å². The minimum absolute atomic E-state index is 0.0198. The summed E-state index contributed by atoms with van der Waals surface area (Å²) in [7, 11) is 0. The van der Waals surface area contributed by atoms with Crippen LogP contribution in [0.3, 0.4) is 0 Å². The van der Waals surface area contributed by atoms with Gasteiger partial charge in [-0.05, 0) is 24.5 Å². The second-order valence-corrected chi connectivity index (χ2v) is 4.40. The number of hydrogen-bond acceptors (Lipinski definition) is 4. The first-order chi connectivity index (χ1) is 7.30. The Morgan fingerprint density at radius 2 is 2.13 bits per heavy atom. The number of rotatable bonds is 4. The highest BCUT2D eigenvalue weighted by molar-refractivity contribution is 5.08. The van der Waals surface area contributed by atoms with Crippen molar-refractivity contribution in [3.05, 3.63) is 5.82 Å². The van der Waals surface area contributed by atoms with Crippen LogP contribution in [0.4, 0.5) is 0 Å². The molecule has 5 heteroatoms. The number of tetrazole rings is 1. The van der Waals surface area contributed by atoms with E-state index in [0.29, 0.717) is 6.54 Å². The molecular weight excluding hydrogens is 190 g/mol. The summed E-state index contributed by atoms with van der Waals surface area (Å²) in [5.74, 6) is 0.857. The van der Waals surface area contributed by atoms with E-state index in [4.69, 9.17) is 5.73 Å². The Morgan fingerprint density at radius 1 is 1.40 bits per heavy atom. The summed E-state index contributed by atoms with van der Waals surface area (Å²) in [6, 6.07) is 0. The number of aromatic nitrogens is 4. The first kappa shape index (κ1) is 10.5. The molecule has 0 saturated heterocycles. The van der Waals surface area contributed by atoms with Gasteiger partial charge in [0.25, 0.3) is 0 Å². The summed E-state index contributed by atoms with van der Waals surface area (Å²) >= 11 is 0. The molecule has 1 aliphatic rings. The minimum atomic E-state index is 0.0198. The van der Waals surface area contributed by atoms with E-state index in [1.807, 2.05) is 0 Å². The fraction of sp³-hybridized carbons (Fsp3) is 0.900. The summed E-state index contributed by atoms with van der Waals surface area (Å²) in [6.07, 6.45) is 5.73. The Balaban J connectivity index is 2.19. The first-order valence-corrected chi connectivity index (χ1v) is 5.79. The van der Waals surface area contributed by atoms with Gasteiger partial charge >= 0.3 is 0 Å². The molecule has 15 heavy (non-hydrogen) atoms. The van der Waals surface area contributed by atoms with Gasteiger partial charge in [0.2, 0.25) is 0 Å². The van der Waals surface area contributed by atoms with Gasteiger partial charge in [-0.25, -0.2) is 0 Å². The average molecular weight is 209 g/mol. The highest BCUT2D eigenvalue weighted by atomic mass is 15.6. The second-order valence-electron chi connectivity index (χ2n) is 4.40. The largest absolute Gasteiger partial charge is 0.329 e. The Morgan fingerprint density at radius 3 is 2.73 bits per heavy atom. The van der Waals surface area contributed by atoms with Crippen molar-refractivity contribution in [3.8, 4) is 0 Å². The molecule has 1 fully saturated rings. The van der Waals surface area contributed by atoms with Gasteiger partial charge in [0.1, 0.15) is 0 Å². The van der Waals surface area contributed by atoms with Crippen LogP contribution in [-0.2, 0) is 12.0 Å². The highest BCUT2D eigenvalue weighted by Crippen LogP contribution is 2.37. The molecule has 0 unspecified atom stereocenters. The lowest BCUT2D eigenvalue weighted by molar-refractivity contribution is 0.418. The van der Waals surface area contributed by atoms with E-state index in [-0.39, 0.29) is 5.41 Å². The molecule has 0 aromatic carbocycles. The standard InChI is InChI=1S/C10H19N5/c1-2-7-15-13-9(12-14-15)10(8-11)5-3-4-6-10/h2-8,11H2,1H3. The molecule has 0 radical (unpaired) electrons. The van der Waals surface area contributed by atoms with Crippen LogP contribution >= 0.6 is 0 Å². The lowest BCUT2D eigenvalue weighted by atomic mass is 9.86. The van der Waals surface area contributed by atoms with Gasteiger partial charge in [0.15, 0.2) is 5.82 Å². The van der Waals surface area contributed by atoms with Gasteiger partial charge in [0, 0.05) is 12.0 Å². The van der Waals surface area contributed by atoms with Crippen LogP contribution in [-0.4, -0.2) is 26.8 Å². The van der Waals surface area contributed by atoms with Crippen molar-refractivity contribution in [2.24, 2.45) is 5.73 Å². The molecule has 5 nitrogen and oxygen atoms in total. The molecule has 1 saturated carbocycles. The van der Waals surface area contributed by atoms with E-state index in [1.165, 1.54) is 12.8 Å². The number of nitrogens with zero attached hydrogens (tertiary/aromatic N) is 4. The van der Waals surface area contributed by atoms with Crippen molar-refractivity contribution in [2.75, 3.05) is 6.54 Å². The molecular formula is C10H19N5. The third-order valence-corrected chi connectivity index (χ3v) is 3.30. The monoisotopic (exact) mass is 209 g/mol. The predicted octanol–water partition coefficient (Wildman–Crippen LogP) is 0.854. The molecule has 0 aliphatic heterocycles. The van der Waals surface area contributed by atoms with Gasteiger partial charge in [-0.15, -0.1) is 10.2 Å². The summed E-state index contributed by atoms with van der Waals surface area (Å²) in [4.78, 5) is 1.69. The minimum Gasteiger partial charge on any atom is -0.329 e. The van der Waals surface area contributed by atoms with Crippen molar-refractivity contribution < 1.29 is 0 Å². The normalized spacial score (nSPS) is 19.6. The van der Waals surface area contributed by atoms with Crippen molar-refractivity contribution in [1.82, 2.24) is 20.2 Å². The van der Waals surface area contributed by atoms with Crippen molar-refractivity contribution >= 4 is 0 Å². The zero-order valence-corrected chi connectivity index (χ0v) is 9.32. The third kappa shape index (κ3) is 1.88. The lowest BCUT2D eigenvalue weighted by Crippen LogP contribution is -2.33. The Kier molecular flexibility index (Phi) is 3.00. The molecule has 1 aromatic rings. The molecule has 0 spiro atoms. The summed E-state index contributed by atoms with van der Waals surface area (Å²) in [5, 5.41) is 12.7. The topological polar surface area (TPSA) is 69.6 Å². The van der Waals surface area contributed by atoms with Gasteiger partial charge in [0.05, 0.1) is 6.54 Å². The van der Waals surface area contributed by atoms with E-state index in [0.717, 1.165) is 31.6 Å². The Labute approximate surface area is 90.0 Å². The lowest BCUT2D eigenvalue weighted by Gasteiger charge is -2.22. The van der Waals surface area contributed by atoms with Crippen LogP contribution in [0.1, 0.15) is 44.9 Å². The summed E-state index contributed by atoms with van der Waals surface area (Å²) in [6.45, 7) is 3.59. The second kappa shape index (κ2) is 4.26. The van der Waals surface area contributed by atoms with Gasteiger partial charge in [-0.3, -0.25) is 0 Å². The number of nitrogens with two attached hydrogens (primary N) is 1. The van der Waals surface area contributed by atoms with E-state index in [9.17, 15) is 0 Å². The van der Waals surface area contributed by atoms with E-state index >= 15 is 0 Å². The number of hydrogen-bond donors (Lipinski definition) is 1. The first-order valence-electron chi connectivity index (χ1n) is 5.79. The van der Waals surface area contributed by atoms with E-state index in [1.54, 1.807) is 4.80 Å². The summed E-state index contributed by atoms with van der Waals surface area (Å²) < 4.78 is 0. The molecule has 0 amide bonds. The van der Waals surface area contributed by atoms with Crippen LogP contribution in [0.25, 0.3) is 0 Å². The molecule has 2 rings (SSSR count). The molecule has 1 aromatic heterocycles. The van der Waals surface area contributed by atoms with Crippen LogP contribution < -0.4 is 5.73 Å². The maximum atomic E-state index is 5.87. The van der Waals surface area contributed by atoms with Gasteiger partial charge < -0.3 is 5.73 Å². The van der Waals surface area contributed by atoms with Crippen molar-refractivity contribution in [2.45, 2.75) is 51.0 Å². The Hall–Kier alpha value is -0.970. The van der Waals surface area contributed by atoms with E-state index in [2.05, 4.69) is 22.3 Å². The van der Waals surface area contributed by atoms with Crippen LogP contribution in [0.5, 0.6) is 0 Å². The predicted molar refractivity (Wildman–Crippen MR) is 57.3 cm³/mol. The fourth-order valence-corrected chi connectivity index (χ4v) is 2.32. The molecule has 0 bridgehead atoms. The smallest absolute Gasteiger partial charge is 0.182 e. The SMILES string of the molecule is CCCn1nnc(C2(CN)CCCC2)n1. The maximum Gasteiger partial charge on any atom is 0.182 e. The third-order valence-electron chi connectivity index (χ3n) is 3.30. The Bertz CT molecular complexity index is 313. The quantitative estimate of drug-likeness (QED) is 0.798. The highest BCUT2D eigenvalue weighted by Gasteiger charge is 2.38. The summed E-state index contributed by atoms with van der Waals surface area (Å²) in [5.41, 5.74) is 5.89. The average Bonchev–Trinajstić information content (AvgIpc) is 2.86. The van der Waals surface area contributed by atoms with Gasteiger partial charge in [-0.2, -0.15) is 4.80 Å². The molecule has 0 atom stereocenters. The molecule has 1 aliphatic carbocycles. The molecule has 2 N–H and O–H groups in total. The molecule has 1 heterocycles. The van der Waals surface area contributed by atoms with Gasteiger partial charge in [-0.1, -0.05) is 19.8 Å². The zero-order chi connectivity index (χ0) is 10.7. The van der Waals surface area contributed by atoms with Crippen LogP contribution in [0, 0.1) is 0 Å².